The lowest BCUT2D eigenvalue weighted by atomic mass is 10.1. The number of fused-ring (bicyclic) bond motifs is 1. The number of hydrogen-bond donors (Lipinski definition) is 3. The summed E-state index contributed by atoms with van der Waals surface area (Å²) in [5, 5.41) is 9.77. The van der Waals surface area contributed by atoms with Gasteiger partial charge < -0.3 is 5.11 Å². The summed E-state index contributed by atoms with van der Waals surface area (Å²) in [5.74, 6) is -0.834. The van der Waals surface area contributed by atoms with Crippen molar-refractivity contribution in [3.8, 4) is 5.75 Å². The van der Waals surface area contributed by atoms with E-state index in [1.54, 1.807) is 48.5 Å². The third kappa shape index (κ3) is 4.46. The number of aromatic hydroxyl groups is 1. The third-order valence-corrected chi connectivity index (χ3v) is 7.71. The van der Waals surface area contributed by atoms with Crippen molar-refractivity contribution in [2.75, 3.05) is 4.90 Å². The Labute approximate surface area is 217 Å². The first-order valence-corrected chi connectivity index (χ1v) is 13.8. The summed E-state index contributed by atoms with van der Waals surface area (Å²) in [6.45, 7) is 0. The van der Waals surface area contributed by atoms with Crippen molar-refractivity contribution in [1.29, 1.82) is 0 Å². The summed E-state index contributed by atoms with van der Waals surface area (Å²) in [4.78, 5) is 17.8. The van der Waals surface area contributed by atoms with Crippen molar-refractivity contribution in [3.63, 3.8) is 0 Å². The number of aliphatic imine (C=N–C) groups is 1. The standard InChI is InChI=1S/C26H18N2O8S2/c29-22-11-5-4-9-17(22)15-20-26(30)28(25(27-20)16-7-2-1-3-8-16)21-14-13-18-19(24(21)38(34,35)36)10-6-12-23(18)37(31,32)33/h1-15,29H,(H,31,32,33)(H,34,35,36). The summed E-state index contributed by atoms with van der Waals surface area (Å²) >= 11 is 0. The fraction of sp³-hybridized carbons (Fsp3) is 0. The summed E-state index contributed by atoms with van der Waals surface area (Å²) in [6, 6.07) is 20.6. The van der Waals surface area contributed by atoms with Gasteiger partial charge in [0.2, 0.25) is 0 Å². The first-order chi connectivity index (χ1) is 18.0. The van der Waals surface area contributed by atoms with Crippen LogP contribution in [-0.2, 0) is 25.0 Å². The lowest BCUT2D eigenvalue weighted by Gasteiger charge is -2.22. The van der Waals surface area contributed by atoms with Crippen LogP contribution in [0, 0.1) is 0 Å². The molecule has 10 nitrogen and oxygen atoms in total. The number of rotatable bonds is 5. The molecule has 0 bridgehead atoms. The topological polar surface area (TPSA) is 162 Å². The largest absolute Gasteiger partial charge is 0.507 e. The van der Waals surface area contributed by atoms with Crippen LogP contribution in [-0.4, -0.2) is 42.8 Å². The molecule has 4 aromatic rings. The highest BCUT2D eigenvalue weighted by Gasteiger charge is 2.37. The Morgan fingerprint density at radius 3 is 2.08 bits per heavy atom. The van der Waals surface area contributed by atoms with Gasteiger partial charge in [-0.15, -0.1) is 0 Å². The maximum Gasteiger partial charge on any atom is 0.297 e. The van der Waals surface area contributed by atoms with Crippen molar-refractivity contribution in [2.24, 2.45) is 4.99 Å². The monoisotopic (exact) mass is 550 g/mol. The van der Waals surface area contributed by atoms with Crippen molar-refractivity contribution in [1.82, 2.24) is 0 Å². The van der Waals surface area contributed by atoms with Gasteiger partial charge >= 0.3 is 0 Å². The van der Waals surface area contributed by atoms with Crippen LogP contribution in [0.25, 0.3) is 16.8 Å². The average molecular weight is 551 g/mol. The number of amidine groups is 1. The molecule has 0 aliphatic carbocycles. The van der Waals surface area contributed by atoms with Gasteiger partial charge in [0.15, 0.2) is 0 Å². The normalized spacial score (nSPS) is 15.3. The van der Waals surface area contributed by atoms with Crippen molar-refractivity contribution in [2.45, 2.75) is 9.79 Å². The maximum absolute atomic E-state index is 13.7. The van der Waals surface area contributed by atoms with Crippen LogP contribution in [0.2, 0.25) is 0 Å². The second kappa shape index (κ2) is 9.19. The molecule has 38 heavy (non-hydrogen) atoms. The van der Waals surface area contributed by atoms with Gasteiger partial charge in [0.1, 0.15) is 27.1 Å². The second-order valence-corrected chi connectivity index (χ2v) is 11.0. The van der Waals surface area contributed by atoms with Gasteiger partial charge in [-0.2, -0.15) is 16.8 Å². The molecular formula is C26H18N2O8S2. The first-order valence-electron chi connectivity index (χ1n) is 11.0. The van der Waals surface area contributed by atoms with Crippen molar-refractivity contribution < 1.29 is 35.8 Å². The van der Waals surface area contributed by atoms with Gasteiger partial charge in [0.25, 0.3) is 26.1 Å². The first kappa shape index (κ1) is 25.3. The Bertz CT molecular complexity index is 1900. The molecule has 0 saturated heterocycles. The predicted molar refractivity (Wildman–Crippen MR) is 140 cm³/mol. The molecule has 1 aliphatic heterocycles. The minimum absolute atomic E-state index is 0.0347. The van der Waals surface area contributed by atoms with Crippen LogP contribution >= 0.6 is 0 Å². The molecule has 0 saturated carbocycles. The Hall–Kier alpha value is -4.36. The van der Waals surface area contributed by atoms with E-state index in [2.05, 4.69) is 4.99 Å². The highest BCUT2D eigenvalue weighted by atomic mass is 32.2. The second-order valence-electron chi connectivity index (χ2n) is 8.25. The molecule has 0 radical (unpaired) electrons. The Morgan fingerprint density at radius 1 is 0.737 bits per heavy atom. The van der Waals surface area contributed by atoms with Crippen LogP contribution < -0.4 is 4.90 Å². The number of anilines is 1. The molecule has 1 heterocycles. The van der Waals surface area contributed by atoms with Crippen LogP contribution in [0.5, 0.6) is 5.75 Å². The van der Waals surface area contributed by atoms with E-state index in [-0.39, 0.29) is 33.7 Å². The molecule has 4 aromatic carbocycles. The van der Waals surface area contributed by atoms with Gasteiger partial charge in [-0.25, -0.2) is 4.99 Å². The summed E-state index contributed by atoms with van der Waals surface area (Å²) in [7, 11) is -9.81. The lowest BCUT2D eigenvalue weighted by molar-refractivity contribution is -0.113. The zero-order valence-electron chi connectivity index (χ0n) is 19.3. The summed E-state index contributed by atoms with van der Waals surface area (Å²) < 4.78 is 69.0. The smallest absolute Gasteiger partial charge is 0.297 e. The number of phenolic OH excluding ortho intramolecular Hbond substituents is 1. The zero-order valence-corrected chi connectivity index (χ0v) is 20.9. The lowest BCUT2D eigenvalue weighted by Crippen LogP contribution is -2.34. The molecule has 1 amide bonds. The molecule has 0 unspecified atom stereocenters. The third-order valence-electron chi connectivity index (χ3n) is 5.85. The Morgan fingerprint density at radius 2 is 1.42 bits per heavy atom. The molecule has 0 aromatic heterocycles. The van der Waals surface area contributed by atoms with Gasteiger partial charge in [-0.1, -0.05) is 66.7 Å². The van der Waals surface area contributed by atoms with Crippen LogP contribution in [0.1, 0.15) is 11.1 Å². The van der Waals surface area contributed by atoms with E-state index in [1.807, 2.05) is 0 Å². The molecule has 5 rings (SSSR count). The van der Waals surface area contributed by atoms with Crippen LogP contribution in [0.3, 0.4) is 0 Å². The quantitative estimate of drug-likeness (QED) is 0.249. The highest BCUT2D eigenvalue weighted by Crippen LogP contribution is 2.39. The number of phenols is 1. The van der Waals surface area contributed by atoms with Gasteiger partial charge in [0, 0.05) is 21.9 Å². The van der Waals surface area contributed by atoms with E-state index < -0.39 is 35.9 Å². The van der Waals surface area contributed by atoms with Crippen LogP contribution in [0.15, 0.2) is 105 Å². The Balaban J connectivity index is 1.81. The molecule has 192 valence electrons. The molecular weight excluding hydrogens is 532 g/mol. The average Bonchev–Trinajstić information content (AvgIpc) is 3.19. The van der Waals surface area contributed by atoms with Crippen molar-refractivity contribution >= 4 is 54.5 Å². The van der Waals surface area contributed by atoms with Crippen molar-refractivity contribution in [3.05, 3.63) is 102 Å². The molecule has 3 N–H and O–H groups in total. The fourth-order valence-electron chi connectivity index (χ4n) is 4.24. The molecule has 0 spiro atoms. The summed E-state index contributed by atoms with van der Waals surface area (Å²) in [6.07, 6.45) is 1.34. The molecule has 0 atom stereocenters. The highest BCUT2D eigenvalue weighted by molar-refractivity contribution is 7.86. The molecule has 0 fully saturated rings. The van der Waals surface area contributed by atoms with E-state index >= 15 is 0 Å². The number of nitrogens with zero attached hydrogens (tertiary/aromatic N) is 2. The number of amides is 1. The minimum atomic E-state index is -5.06. The predicted octanol–water partition coefficient (Wildman–Crippen LogP) is 3.87. The van der Waals surface area contributed by atoms with Crippen LogP contribution in [0.4, 0.5) is 5.69 Å². The van der Waals surface area contributed by atoms with Gasteiger partial charge in [0.05, 0.1) is 5.69 Å². The van der Waals surface area contributed by atoms with E-state index in [0.717, 1.165) is 17.0 Å². The Kier molecular flexibility index (Phi) is 6.12. The number of para-hydroxylation sites is 1. The van der Waals surface area contributed by atoms with Gasteiger partial charge in [-0.3, -0.25) is 18.8 Å². The molecule has 1 aliphatic rings. The van der Waals surface area contributed by atoms with E-state index in [1.165, 1.54) is 30.3 Å². The van der Waals surface area contributed by atoms with E-state index in [4.69, 9.17) is 0 Å². The number of carbonyl (C=O) groups excluding carboxylic acids is 1. The zero-order chi connectivity index (χ0) is 27.2. The summed E-state index contributed by atoms with van der Waals surface area (Å²) in [5.41, 5.74) is 0.314. The van der Waals surface area contributed by atoms with Gasteiger partial charge in [-0.05, 0) is 24.3 Å². The number of benzene rings is 4. The minimum Gasteiger partial charge on any atom is -0.507 e. The van der Waals surface area contributed by atoms with E-state index in [9.17, 15) is 35.8 Å². The SMILES string of the molecule is O=C1C(=Cc2ccccc2O)N=C(c2ccccc2)N1c1ccc2c(S(=O)(=O)O)cccc2c1S(=O)(=O)O. The fourth-order valence-corrected chi connectivity index (χ4v) is 5.83. The maximum atomic E-state index is 13.7. The number of carbonyl (C=O) groups is 1. The number of hydrogen-bond acceptors (Lipinski definition) is 7. The molecule has 12 heteroatoms. The van der Waals surface area contributed by atoms with E-state index in [0.29, 0.717) is 11.1 Å².